The molecule has 0 saturated carbocycles. The number of nitrogens with zero attached hydrogens (tertiary/aromatic N) is 7. The van der Waals surface area contributed by atoms with Crippen molar-refractivity contribution in [2.45, 2.75) is 141 Å². The van der Waals surface area contributed by atoms with E-state index in [1.54, 1.807) is 42.9 Å². The van der Waals surface area contributed by atoms with Gasteiger partial charge in [0, 0.05) is 66.7 Å². The van der Waals surface area contributed by atoms with Crippen molar-refractivity contribution < 1.29 is 57.5 Å². The molecule has 0 bridgehead atoms. The third-order valence-corrected chi connectivity index (χ3v) is 17.0. The van der Waals surface area contributed by atoms with E-state index in [2.05, 4.69) is 15.0 Å². The van der Waals surface area contributed by atoms with Crippen molar-refractivity contribution >= 4 is 38.5 Å². The van der Waals surface area contributed by atoms with Gasteiger partial charge in [0.25, 0.3) is 10.0 Å². The number of carbonyl (C=O) groups is 2. The minimum atomic E-state index is -3.77. The quantitative estimate of drug-likeness (QED) is 0.0663. The van der Waals surface area contributed by atoms with Gasteiger partial charge in [0.15, 0.2) is 17.9 Å². The van der Waals surface area contributed by atoms with Crippen molar-refractivity contribution in [2.75, 3.05) is 32.4 Å². The molecule has 23 heteroatoms. The van der Waals surface area contributed by atoms with Gasteiger partial charge in [0.1, 0.15) is 45.9 Å². The summed E-state index contributed by atoms with van der Waals surface area (Å²) >= 11 is 0. The van der Waals surface area contributed by atoms with Gasteiger partial charge in [-0.3, -0.25) is 4.79 Å². The second-order valence-electron chi connectivity index (χ2n) is 22.7. The molecule has 2 saturated heterocycles. The number of aldehydes is 1. The predicted molar refractivity (Wildman–Crippen MR) is 308 cm³/mol. The summed E-state index contributed by atoms with van der Waals surface area (Å²) < 4.78 is 142. The molecule has 10 rings (SSSR count). The molecule has 0 spiro atoms. The summed E-state index contributed by atoms with van der Waals surface area (Å²) in [6.45, 7) is 7.56. The zero-order valence-corrected chi connectivity index (χ0v) is 49.3. The van der Waals surface area contributed by atoms with Crippen molar-refractivity contribution in [2.24, 2.45) is 0 Å². The molecule has 6 aromatic rings. The lowest BCUT2D eigenvalue weighted by molar-refractivity contribution is -0.0146. The minimum absolute atomic E-state index is 0.0510. The van der Waals surface area contributed by atoms with Crippen LogP contribution in [0.3, 0.4) is 0 Å². The summed E-state index contributed by atoms with van der Waals surface area (Å²) in [5.74, 6) is -3.68. The van der Waals surface area contributed by atoms with Gasteiger partial charge in [-0.05, 0) is 164 Å². The van der Waals surface area contributed by atoms with E-state index in [0.717, 1.165) is 139 Å². The Morgan fingerprint density at radius 2 is 1.10 bits per heavy atom. The van der Waals surface area contributed by atoms with E-state index in [-0.39, 0.29) is 40.5 Å². The lowest BCUT2D eigenvalue weighted by atomic mass is 9.91. The molecule has 2 aliphatic carbocycles. The SMILES string of the molecule is CC(C)(C)OC(=O)N(N1CCCCC1)S(C)(=O)=O.O=Cc1nn(-c2ccc(F)cc2F)c2c1CCCCC2Cc1cccc(F)c1.O=S(=O)(/C=C/c1nn(-c2ccc(F)cc2F)c2c1CCCCC2Cc1cccc(F)c1)NN1CCCCC1. The number of benzene rings is 4. The standard InChI is InChI=1S/C28H31F3N4O2S.C22H19F3N2O.C11H22N2O4S/c29-22-9-6-7-20(18-22)17-21-8-2-3-10-24-26(13-16-38(36,37)33-34-14-4-1-5-15-34)32-35(28(21)24)27-12-11-23(30)19-25(27)31;23-16-6-3-4-14(11-16)10-15-5-1-2-7-18-20(13-28)26-27(22(15)18)21-9-8-17(24)12-19(21)25;1-11(2,3)17-10(14)13(18(4,15)16)12-8-6-5-7-9-12/h6-7,9,11-13,16,18-19,21,33H,1-5,8,10,14-15,17H2;3-4,6,8-9,11-13,15H,1-2,5,7,10H2;5-9H2,1-4H3/b16-13+;;. The first-order valence-corrected chi connectivity index (χ1v) is 31.9. The van der Waals surface area contributed by atoms with Gasteiger partial charge in [0.05, 0.1) is 23.3 Å². The summed E-state index contributed by atoms with van der Waals surface area (Å²) in [6.07, 6.45) is 15.6. The molecule has 452 valence electrons. The second kappa shape index (κ2) is 28.0. The average Bonchev–Trinajstić information content (AvgIpc) is 2.21. The van der Waals surface area contributed by atoms with Crippen LogP contribution in [0, 0.1) is 34.9 Å². The molecule has 84 heavy (non-hydrogen) atoms. The molecule has 1 amide bonds. The molecule has 4 aromatic carbocycles. The minimum Gasteiger partial charge on any atom is -0.442 e. The van der Waals surface area contributed by atoms with Crippen LogP contribution >= 0.6 is 0 Å². The monoisotopic (exact) mass is 1210 g/mol. The first-order valence-electron chi connectivity index (χ1n) is 28.5. The summed E-state index contributed by atoms with van der Waals surface area (Å²) in [4.78, 5) is 26.2. The van der Waals surface area contributed by atoms with E-state index in [1.807, 2.05) is 12.1 Å². The number of aromatic nitrogens is 4. The van der Waals surface area contributed by atoms with Crippen LogP contribution in [0.2, 0.25) is 0 Å². The van der Waals surface area contributed by atoms with Crippen molar-refractivity contribution in [1.82, 2.24) is 38.8 Å². The van der Waals surface area contributed by atoms with Crippen LogP contribution in [0.4, 0.5) is 31.1 Å². The Morgan fingerprint density at radius 1 is 0.631 bits per heavy atom. The molecule has 2 atom stereocenters. The Labute approximate surface area is 487 Å². The van der Waals surface area contributed by atoms with E-state index < -0.39 is 55.0 Å². The van der Waals surface area contributed by atoms with Crippen molar-refractivity contribution in [3.05, 3.63) is 170 Å². The van der Waals surface area contributed by atoms with Crippen LogP contribution in [0.5, 0.6) is 0 Å². The van der Waals surface area contributed by atoms with E-state index in [9.17, 15) is 52.8 Å². The Bertz CT molecular complexity index is 3540. The molecular weight excluding hydrogens is 1130 g/mol. The van der Waals surface area contributed by atoms with Crippen LogP contribution in [0.1, 0.15) is 159 Å². The molecule has 2 aromatic heterocycles. The van der Waals surface area contributed by atoms with E-state index in [4.69, 9.17) is 4.74 Å². The third-order valence-electron chi connectivity index (χ3n) is 14.9. The Hall–Kier alpha value is -6.66. The van der Waals surface area contributed by atoms with Crippen LogP contribution in [-0.2, 0) is 50.5 Å². The lowest BCUT2D eigenvalue weighted by Crippen LogP contribution is -2.52. The fraction of sp³-hybridized carbons (Fsp3) is 0.443. The molecule has 0 radical (unpaired) electrons. The van der Waals surface area contributed by atoms with Crippen molar-refractivity contribution in [3.63, 3.8) is 0 Å². The number of ether oxygens (including phenoxy) is 1. The fourth-order valence-electron chi connectivity index (χ4n) is 11.3. The number of carbonyl (C=O) groups excluding carboxylic acids is 2. The zero-order valence-electron chi connectivity index (χ0n) is 47.7. The molecule has 2 fully saturated rings. The van der Waals surface area contributed by atoms with Crippen LogP contribution in [0.15, 0.2) is 90.3 Å². The largest absolute Gasteiger partial charge is 0.442 e. The number of rotatable bonds is 13. The Morgan fingerprint density at radius 3 is 1.55 bits per heavy atom. The number of piperidine rings is 2. The number of hydrogen-bond donors (Lipinski definition) is 1. The van der Waals surface area contributed by atoms with Gasteiger partial charge in [-0.1, -0.05) is 49.9 Å². The molecule has 2 aliphatic heterocycles. The normalized spacial score (nSPS) is 18.0. The highest BCUT2D eigenvalue weighted by Crippen LogP contribution is 2.39. The van der Waals surface area contributed by atoms with Crippen LogP contribution in [0.25, 0.3) is 17.5 Å². The molecular formula is C61H72F6N8O7S2. The number of hydrogen-bond acceptors (Lipinski definition) is 11. The lowest BCUT2D eigenvalue weighted by Gasteiger charge is -2.36. The number of fused-ring (bicyclic) bond motifs is 2. The first-order chi connectivity index (χ1) is 40.0. The topological polar surface area (TPSA) is 169 Å². The highest BCUT2D eigenvalue weighted by Gasteiger charge is 2.35. The summed E-state index contributed by atoms with van der Waals surface area (Å²) in [5, 5.41) is 13.3. The summed E-state index contributed by atoms with van der Waals surface area (Å²) in [7, 11) is -7.42. The van der Waals surface area contributed by atoms with Crippen molar-refractivity contribution in [3.8, 4) is 11.4 Å². The van der Waals surface area contributed by atoms with Gasteiger partial charge >= 0.3 is 6.09 Å². The number of halogens is 6. The maximum Gasteiger partial charge on any atom is 0.439 e. The molecule has 1 N–H and O–H groups in total. The summed E-state index contributed by atoms with van der Waals surface area (Å²) in [6, 6.07) is 19.4. The maximum absolute atomic E-state index is 15.0. The van der Waals surface area contributed by atoms with Crippen LogP contribution in [-0.4, -0.2) is 101 Å². The number of amides is 1. The smallest absolute Gasteiger partial charge is 0.439 e. The van der Waals surface area contributed by atoms with Gasteiger partial charge in [-0.2, -0.15) is 10.2 Å². The van der Waals surface area contributed by atoms with E-state index >= 15 is 0 Å². The van der Waals surface area contributed by atoms with Crippen LogP contribution < -0.4 is 4.83 Å². The predicted octanol–water partition coefficient (Wildman–Crippen LogP) is 12.4. The highest BCUT2D eigenvalue weighted by atomic mass is 32.2. The molecule has 4 aliphatic rings. The Kier molecular flexibility index (Phi) is 21.1. The third kappa shape index (κ3) is 16.8. The summed E-state index contributed by atoms with van der Waals surface area (Å²) in [5.41, 5.74) is 4.97. The maximum atomic E-state index is 15.0. The molecule has 2 unspecified atom stereocenters. The van der Waals surface area contributed by atoms with Gasteiger partial charge in [-0.15, -0.1) is 9.25 Å². The molecule has 15 nitrogen and oxygen atoms in total. The van der Waals surface area contributed by atoms with E-state index in [0.29, 0.717) is 63.8 Å². The van der Waals surface area contributed by atoms with Gasteiger partial charge in [-0.25, -0.2) is 67.4 Å². The zero-order chi connectivity index (χ0) is 60.3. The van der Waals surface area contributed by atoms with Crippen molar-refractivity contribution in [1.29, 1.82) is 0 Å². The Balaban J connectivity index is 0.000000176. The van der Waals surface area contributed by atoms with Gasteiger partial charge < -0.3 is 4.74 Å². The number of hydrazine groups is 2. The van der Waals surface area contributed by atoms with E-state index in [1.165, 1.54) is 64.0 Å². The first kappa shape index (κ1) is 63.4. The average molecular weight is 1210 g/mol. The number of nitrogens with one attached hydrogen (secondary N) is 1. The second-order valence-corrected chi connectivity index (χ2v) is 26.0. The highest BCUT2D eigenvalue weighted by molar-refractivity contribution is 7.92. The molecule has 4 heterocycles. The number of sulfonamides is 2. The fourth-order valence-corrected chi connectivity index (χ4v) is 13.1. The van der Waals surface area contributed by atoms with Gasteiger partial charge in [0.2, 0.25) is 10.0 Å².